The van der Waals surface area contributed by atoms with E-state index in [9.17, 15) is 9.18 Å². The molecular weight excluding hydrogens is 359 g/mol. The van der Waals surface area contributed by atoms with E-state index in [1.807, 2.05) is 19.1 Å². The lowest BCUT2D eigenvalue weighted by Crippen LogP contribution is -2.42. The van der Waals surface area contributed by atoms with Crippen molar-refractivity contribution in [1.82, 2.24) is 14.9 Å². The molecule has 138 valence electrons. The smallest absolute Gasteiger partial charge is 0.281 e. The molecule has 0 saturated carbocycles. The van der Waals surface area contributed by atoms with E-state index in [1.54, 1.807) is 35.2 Å². The summed E-state index contributed by atoms with van der Waals surface area (Å²) in [4.78, 5) is 17.7. The van der Waals surface area contributed by atoms with E-state index in [-0.39, 0.29) is 11.7 Å². The first-order chi connectivity index (χ1) is 13.5. The van der Waals surface area contributed by atoms with Gasteiger partial charge in [-0.05, 0) is 30.3 Å². The van der Waals surface area contributed by atoms with Gasteiger partial charge in [-0.2, -0.15) is 0 Å². The largest absolute Gasteiger partial charge is 0.399 e. The molecule has 1 aliphatic heterocycles. The Bertz CT molecular complexity index is 1340. The minimum absolute atomic E-state index is 0.194. The molecule has 28 heavy (non-hydrogen) atoms. The predicted octanol–water partition coefficient (Wildman–Crippen LogP) is 2.34. The van der Waals surface area contributed by atoms with Crippen molar-refractivity contribution in [2.45, 2.75) is 13.1 Å². The fourth-order valence-electron chi connectivity index (χ4n) is 3.50. The second-order valence-electron chi connectivity index (χ2n) is 6.70. The van der Waals surface area contributed by atoms with E-state index >= 15 is 0 Å². The van der Waals surface area contributed by atoms with Crippen molar-refractivity contribution < 1.29 is 9.07 Å². The molecule has 0 spiro atoms. The van der Waals surface area contributed by atoms with Crippen molar-refractivity contribution in [3.63, 3.8) is 0 Å². The maximum absolute atomic E-state index is 13.7. The van der Waals surface area contributed by atoms with Gasteiger partial charge in [-0.3, -0.25) is 9.89 Å². The van der Waals surface area contributed by atoms with Gasteiger partial charge in [0.2, 0.25) is 0 Å². The van der Waals surface area contributed by atoms with Gasteiger partial charge in [0, 0.05) is 23.3 Å². The number of fused-ring (bicyclic) bond motifs is 3. The van der Waals surface area contributed by atoms with Crippen molar-refractivity contribution in [2.24, 2.45) is 4.99 Å². The van der Waals surface area contributed by atoms with E-state index in [4.69, 9.17) is 5.73 Å². The third-order valence-electron chi connectivity index (χ3n) is 4.83. The zero-order valence-electron chi connectivity index (χ0n) is 14.9. The standard InChI is InChI=1S/C20H15FN6O/c1-11-23-10-16-19-17(18(24-26(11)16)12-4-2-6-14(22)8-12)20(28)27(25-19)15-7-3-5-13(21)9-15/h2-11H,22H2,1H3/p+1. The summed E-state index contributed by atoms with van der Waals surface area (Å²) in [5.41, 5.74) is 9.11. The molecule has 1 aliphatic rings. The molecule has 5 rings (SSSR count). The lowest BCUT2D eigenvalue weighted by molar-refractivity contribution is -0.767. The van der Waals surface area contributed by atoms with Crippen LogP contribution >= 0.6 is 0 Å². The number of nitrogen functional groups attached to an aromatic ring is 1. The van der Waals surface area contributed by atoms with Crippen molar-refractivity contribution in [3.05, 3.63) is 70.4 Å². The van der Waals surface area contributed by atoms with Crippen LogP contribution in [0.5, 0.6) is 0 Å². The molecule has 1 unspecified atom stereocenters. The van der Waals surface area contributed by atoms with Crippen molar-refractivity contribution >= 4 is 22.8 Å². The molecule has 1 atom stereocenters. The van der Waals surface area contributed by atoms with Gasteiger partial charge in [0.15, 0.2) is 5.69 Å². The number of halogens is 1. The zero-order valence-corrected chi connectivity index (χ0v) is 14.9. The highest BCUT2D eigenvalue weighted by Crippen LogP contribution is 2.27. The van der Waals surface area contributed by atoms with Crippen molar-refractivity contribution in [2.75, 3.05) is 5.73 Å². The number of H-pyrrole nitrogens is 1. The average molecular weight is 375 g/mol. The number of rotatable bonds is 2. The Morgan fingerprint density at radius 3 is 2.82 bits per heavy atom. The Hall–Kier alpha value is -3.81. The van der Waals surface area contributed by atoms with Gasteiger partial charge < -0.3 is 5.73 Å². The van der Waals surface area contributed by atoms with Crippen LogP contribution in [0.25, 0.3) is 27.8 Å². The van der Waals surface area contributed by atoms with Crippen molar-refractivity contribution in [3.8, 4) is 16.9 Å². The summed E-state index contributed by atoms with van der Waals surface area (Å²) in [5, 5.41) is 8.20. The van der Waals surface area contributed by atoms with Gasteiger partial charge in [-0.15, -0.1) is 0 Å². The first-order valence-corrected chi connectivity index (χ1v) is 8.78. The first kappa shape index (κ1) is 16.4. The predicted molar refractivity (Wildman–Crippen MR) is 104 cm³/mol. The third-order valence-corrected chi connectivity index (χ3v) is 4.83. The molecule has 4 aromatic rings. The SMILES string of the molecule is CC1N=Cc2c3[nH]n(-c4cccc(F)c4)c(=O)c3c(-c3cccc(N)c3)n[n+]21. The molecular formula is C20H16FN6O+. The number of nitrogens with two attached hydrogens (primary N) is 1. The number of nitrogens with zero attached hydrogens (tertiary/aromatic N) is 4. The second kappa shape index (κ2) is 5.85. The first-order valence-electron chi connectivity index (χ1n) is 8.78. The molecule has 8 heteroatoms. The summed E-state index contributed by atoms with van der Waals surface area (Å²) in [7, 11) is 0. The Balaban J connectivity index is 1.89. The Morgan fingerprint density at radius 1 is 1.21 bits per heavy atom. The number of nitrogens with one attached hydrogen (secondary N) is 1. The minimum Gasteiger partial charge on any atom is -0.399 e. The third kappa shape index (κ3) is 2.34. The van der Waals surface area contributed by atoms with E-state index in [0.29, 0.717) is 33.7 Å². The molecule has 3 heterocycles. The van der Waals surface area contributed by atoms with Gasteiger partial charge in [-0.1, -0.05) is 22.9 Å². The quantitative estimate of drug-likeness (QED) is 0.416. The maximum atomic E-state index is 13.7. The lowest BCUT2D eigenvalue weighted by atomic mass is 10.1. The molecule has 0 fully saturated rings. The lowest BCUT2D eigenvalue weighted by Gasteiger charge is -2.03. The van der Waals surface area contributed by atoms with Crippen molar-refractivity contribution in [1.29, 1.82) is 0 Å². The van der Waals surface area contributed by atoms with Crippen LogP contribution in [0, 0.1) is 5.82 Å². The fraction of sp³-hybridized carbons (Fsp3) is 0.100. The van der Waals surface area contributed by atoms with Crippen LogP contribution in [0.1, 0.15) is 18.8 Å². The van der Waals surface area contributed by atoms with Gasteiger partial charge >= 0.3 is 0 Å². The summed E-state index contributed by atoms with van der Waals surface area (Å²) in [6, 6.07) is 13.1. The van der Waals surface area contributed by atoms with Crippen LogP contribution in [0.4, 0.5) is 10.1 Å². The number of aromatic nitrogens is 4. The minimum atomic E-state index is -0.424. The Kier molecular flexibility index (Phi) is 3.42. The van der Waals surface area contributed by atoms with Crippen LogP contribution in [-0.4, -0.2) is 21.1 Å². The summed E-state index contributed by atoms with van der Waals surface area (Å²) in [6.45, 7) is 1.91. The number of aromatic amines is 1. The molecule has 0 saturated heterocycles. The van der Waals surface area contributed by atoms with E-state index in [0.717, 1.165) is 5.56 Å². The highest BCUT2D eigenvalue weighted by atomic mass is 19.1. The van der Waals surface area contributed by atoms with Crippen LogP contribution < -0.4 is 16.0 Å². The molecule has 3 N–H and O–H groups in total. The molecule has 2 aromatic carbocycles. The summed E-state index contributed by atoms with van der Waals surface area (Å²) < 4.78 is 16.8. The summed E-state index contributed by atoms with van der Waals surface area (Å²) in [5.74, 6) is -0.424. The average Bonchev–Trinajstić information content (AvgIpc) is 3.22. The van der Waals surface area contributed by atoms with E-state index < -0.39 is 5.82 Å². The monoisotopic (exact) mass is 375 g/mol. The van der Waals surface area contributed by atoms with E-state index in [1.165, 1.54) is 16.8 Å². The van der Waals surface area contributed by atoms with Gasteiger partial charge in [0.1, 0.15) is 22.9 Å². The second-order valence-corrected chi connectivity index (χ2v) is 6.70. The molecule has 0 aliphatic carbocycles. The number of anilines is 1. The molecule has 7 nitrogen and oxygen atoms in total. The number of hydrogen-bond donors (Lipinski definition) is 2. The van der Waals surface area contributed by atoms with Gasteiger partial charge in [-0.25, -0.2) is 14.1 Å². The Morgan fingerprint density at radius 2 is 2.04 bits per heavy atom. The highest BCUT2D eigenvalue weighted by Gasteiger charge is 2.32. The van der Waals surface area contributed by atoms with E-state index in [2.05, 4.69) is 15.2 Å². The summed E-state index contributed by atoms with van der Waals surface area (Å²) in [6.07, 6.45) is 1.50. The fourth-order valence-corrected chi connectivity index (χ4v) is 3.50. The highest BCUT2D eigenvalue weighted by molar-refractivity contribution is 6.00. The van der Waals surface area contributed by atoms with Crippen LogP contribution in [0.2, 0.25) is 0 Å². The van der Waals surface area contributed by atoms with Crippen LogP contribution in [0.3, 0.4) is 0 Å². The van der Waals surface area contributed by atoms with Crippen LogP contribution in [0.15, 0.2) is 58.3 Å². The zero-order chi connectivity index (χ0) is 19.4. The molecule has 0 radical (unpaired) electrons. The Labute approximate surface area is 158 Å². The molecule has 0 amide bonds. The molecule has 0 bridgehead atoms. The molecule has 2 aromatic heterocycles. The summed E-state index contributed by atoms with van der Waals surface area (Å²) >= 11 is 0. The maximum Gasteiger partial charge on any atom is 0.281 e. The number of hydrogen-bond acceptors (Lipinski definition) is 4. The number of benzene rings is 2. The topological polar surface area (TPSA) is 92.9 Å². The number of aliphatic imine (C=N–C) groups is 1. The normalized spacial score (nSPS) is 15.3. The van der Waals surface area contributed by atoms with Gasteiger partial charge in [0.05, 0.1) is 5.69 Å². The van der Waals surface area contributed by atoms with Crippen LogP contribution in [-0.2, 0) is 0 Å². The van der Waals surface area contributed by atoms with Gasteiger partial charge in [0.25, 0.3) is 17.4 Å².